The van der Waals surface area contributed by atoms with Crippen LogP contribution in [0.1, 0.15) is 11.6 Å². The van der Waals surface area contributed by atoms with Gasteiger partial charge in [-0.2, -0.15) is 5.26 Å². The molecule has 2 rings (SSSR count). The summed E-state index contributed by atoms with van der Waals surface area (Å²) in [6.45, 7) is 0. The van der Waals surface area contributed by atoms with Gasteiger partial charge in [0, 0.05) is 16.3 Å². The molecule has 0 bridgehead atoms. The Morgan fingerprint density at radius 2 is 1.79 bits per heavy atom. The van der Waals surface area contributed by atoms with Gasteiger partial charge in [0.15, 0.2) is 0 Å². The summed E-state index contributed by atoms with van der Waals surface area (Å²) >= 11 is 18.0. The molecule has 1 N–H and O–H groups in total. The second-order valence-electron chi connectivity index (χ2n) is 3.86. The van der Waals surface area contributed by atoms with Gasteiger partial charge in [0.2, 0.25) is 0 Å². The predicted molar refractivity (Wildman–Crippen MR) is 79.9 cm³/mol. The lowest BCUT2D eigenvalue weighted by atomic mass is 10.1. The highest BCUT2D eigenvalue weighted by atomic mass is 35.5. The molecular weight excluding hydrogens is 303 g/mol. The zero-order valence-electron chi connectivity index (χ0n) is 9.70. The van der Waals surface area contributed by atoms with Gasteiger partial charge >= 0.3 is 0 Å². The third-order valence-corrected chi connectivity index (χ3v) is 3.63. The molecule has 0 spiro atoms. The first kappa shape index (κ1) is 14.0. The van der Waals surface area contributed by atoms with Crippen molar-refractivity contribution in [3.05, 3.63) is 63.1 Å². The van der Waals surface area contributed by atoms with Crippen molar-refractivity contribution in [3.63, 3.8) is 0 Å². The van der Waals surface area contributed by atoms with Crippen LogP contribution >= 0.6 is 34.8 Å². The fourth-order valence-electron chi connectivity index (χ4n) is 1.67. The van der Waals surface area contributed by atoms with Gasteiger partial charge in [-0.1, -0.05) is 53.0 Å². The van der Waals surface area contributed by atoms with E-state index in [1.165, 1.54) is 0 Å². The Hall–Kier alpha value is -1.40. The number of anilines is 1. The first-order chi connectivity index (χ1) is 9.11. The average molecular weight is 312 g/mol. The summed E-state index contributed by atoms with van der Waals surface area (Å²) < 4.78 is 0. The lowest BCUT2D eigenvalue weighted by molar-refractivity contribution is 0.998. The Kier molecular flexibility index (Phi) is 4.55. The third-order valence-electron chi connectivity index (χ3n) is 2.56. The molecule has 2 aromatic rings. The van der Waals surface area contributed by atoms with Crippen molar-refractivity contribution in [2.24, 2.45) is 0 Å². The summed E-state index contributed by atoms with van der Waals surface area (Å²) in [6.07, 6.45) is 0. The van der Waals surface area contributed by atoms with Crippen LogP contribution in [0.2, 0.25) is 15.1 Å². The van der Waals surface area contributed by atoms with Crippen LogP contribution in [0, 0.1) is 11.3 Å². The van der Waals surface area contributed by atoms with Crippen molar-refractivity contribution in [1.82, 2.24) is 0 Å². The second-order valence-corrected chi connectivity index (χ2v) is 5.08. The average Bonchev–Trinajstić information content (AvgIpc) is 2.40. The lowest BCUT2D eigenvalue weighted by Crippen LogP contribution is -2.09. The quantitative estimate of drug-likeness (QED) is 0.832. The fourth-order valence-corrected chi connectivity index (χ4v) is 2.28. The van der Waals surface area contributed by atoms with Crippen LogP contribution in [-0.2, 0) is 0 Å². The smallest absolute Gasteiger partial charge is 0.141 e. The van der Waals surface area contributed by atoms with E-state index in [-0.39, 0.29) is 0 Å². The van der Waals surface area contributed by atoms with Gasteiger partial charge in [0.25, 0.3) is 0 Å². The number of nitrogens with one attached hydrogen (secondary N) is 1. The summed E-state index contributed by atoms with van der Waals surface area (Å²) in [5.41, 5.74) is 1.38. The maximum absolute atomic E-state index is 9.28. The number of rotatable bonds is 3. The van der Waals surface area contributed by atoms with Gasteiger partial charge in [0.05, 0.1) is 16.1 Å². The monoisotopic (exact) mass is 310 g/mol. The molecule has 5 heteroatoms. The zero-order chi connectivity index (χ0) is 13.8. The summed E-state index contributed by atoms with van der Waals surface area (Å²) in [5.74, 6) is 0. The molecule has 0 heterocycles. The summed E-state index contributed by atoms with van der Waals surface area (Å²) in [4.78, 5) is 0. The Morgan fingerprint density at radius 1 is 1.05 bits per heavy atom. The number of hydrogen-bond acceptors (Lipinski definition) is 2. The van der Waals surface area contributed by atoms with E-state index in [0.29, 0.717) is 20.6 Å². The van der Waals surface area contributed by atoms with E-state index in [1.54, 1.807) is 36.4 Å². The molecule has 0 radical (unpaired) electrons. The molecule has 0 aliphatic heterocycles. The van der Waals surface area contributed by atoms with E-state index in [0.717, 1.165) is 5.69 Å². The molecule has 2 nitrogen and oxygen atoms in total. The van der Waals surface area contributed by atoms with E-state index >= 15 is 0 Å². The molecule has 0 aromatic heterocycles. The molecule has 19 heavy (non-hydrogen) atoms. The molecule has 0 saturated heterocycles. The van der Waals surface area contributed by atoms with E-state index < -0.39 is 6.04 Å². The number of halogens is 3. The molecule has 1 atom stereocenters. The van der Waals surface area contributed by atoms with Gasteiger partial charge in [0.1, 0.15) is 6.04 Å². The first-order valence-electron chi connectivity index (χ1n) is 5.47. The van der Waals surface area contributed by atoms with Crippen molar-refractivity contribution in [3.8, 4) is 6.07 Å². The minimum atomic E-state index is -0.593. The molecule has 0 aliphatic rings. The van der Waals surface area contributed by atoms with Crippen molar-refractivity contribution in [2.75, 3.05) is 5.32 Å². The minimum absolute atomic E-state index is 0.380. The second kappa shape index (κ2) is 6.16. The van der Waals surface area contributed by atoms with Crippen LogP contribution in [0.3, 0.4) is 0 Å². The summed E-state index contributed by atoms with van der Waals surface area (Å²) in [7, 11) is 0. The molecule has 1 unspecified atom stereocenters. The highest BCUT2D eigenvalue weighted by molar-refractivity contribution is 6.42. The number of nitrogens with zero attached hydrogens (tertiary/aromatic N) is 1. The standard InChI is InChI=1S/C14H9Cl3N2/c15-9-3-1-4-10(7-9)19-13(8-18)11-5-2-6-12(16)14(11)17/h1-7,13,19H. The highest BCUT2D eigenvalue weighted by Crippen LogP contribution is 2.31. The topological polar surface area (TPSA) is 35.8 Å². The van der Waals surface area contributed by atoms with Gasteiger partial charge in [-0.05, 0) is 24.3 Å². The normalized spacial score (nSPS) is 11.7. The van der Waals surface area contributed by atoms with Gasteiger partial charge in [-0.25, -0.2) is 0 Å². The Morgan fingerprint density at radius 3 is 2.47 bits per heavy atom. The lowest BCUT2D eigenvalue weighted by Gasteiger charge is -2.15. The van der Waals surface area contributed by atoms with Gasteiger partial charge < -0.3 is 5.32 Å². The van der Waals surface area contributed by atoms with E-state index in [9.17, 15) is 5.26 Å². The third kappa shape index (κ3) is 3.33. The van der Waals surface area contributed by atoms with E-state index in [1.807, 2.05) is 6.07 Å². The van der Waals surface area contributed by atoms with Crippen LogP contribution in [0.15, 0.2) is 42.5 Å². The molecule has 0 amide bonds. The molecule has 2 aromatic carbocycles. The fraction of sp³-hybridized carbons (Fsp3) is 0.0714. The largest absolute Gasteiger partial charge is 0.366 e. The maximum atomic E-state index is 9.28. The molecule has 0 saturated carbocycles. The predicted octanol–water partition coefficient (Wildman–Crippen LogP) is 5.32. The van der Waals surface area contributed by atoms with Crippen LogP contribution in [-0.4, -0.2) is 0 Å². The summed E-state index contributed by atoms with van der Waals surface area (Å²) in [6, 6.07) is 13.9. The van der Waals surface area contributed by atoms with E-state index in [2.05, 4.69) is 11.4 Å². The van der Waals surface area contributed by atoms with Crippen molar-refractivity contribution in [2.45, 2.75) is 6.04 Å². The van der Waals surface area contributed by atoms with Crippen LogP contribution in [0.25, 0.3) is 0 Å². The van der Waals surface area contributed by atoms with Crippen molar-refractivity contribution < 1.29 is 0 Å². The molecule has 96 valence electrons. The van der Waals surface area contributed by atoms with Crippen molar-refractivity contribution >= 4 is 40.5 Å². The van der Waals surface area contributed by atoms with Gasteiger partial charge in [-0.3, -0.25) is 0 Å². The van der Waals surface area contributed by atoms with Crippen LogP contribution < -0.4 is 5.32 Å². The Balaban J connectivity index is 2.31. The molecule has 0 fully saturated rings. The van der Waals surface area contributed by atoms with Crippen LogP contribution in [0.5, 0.6) is 0 Å². The molecule has 0 aliphatic carbocycles. The number of nitriles is 1. The first-order valence-corrected chi connectivity index (χ1v) is 6.61. The SMILES string of the molecule is N#CC(Nc1cccc(Cl)c1)c1cccc(Cl)c1Cl. The zero-order valence-corrected chi connectivity index (χ0v) is 12.0. The number of benzene rings is 2. The minimum Gasteiger partial charge on any atom is -0.366 e. The Bertz CT molecular complexity index is 635. The van der Waals surface area contributed by atoms with E-state index in [4.69, 9.17) is 34.8 Å². The Labute approximate surface area is 126 Å². The van der Waals surface area contributed by atoms with Crippen LogP contribution in [0.4, 0.5) is 5.69 Å². The number of hydrogen-bond donors (Lipinski definition) is 1. The van der Waals surface area contributed by atoms with Crippen molar-refractivity contribution in [1.29, 1.82) is 5.26 Å². The maximum Gasteiger partial charge on any atom is 0.141 e. The summed E-state index contributed by atoms with van der Waals surface area (Å²) in [5, 5.41) is 13.7. The van der Waals surface area contributed by atoms with Gasteiger partial charge in [-0.15, -0.1) is 0 Å². The molecular formula is C14H9Cl3N2. The highest BCUT2D eigenvalue weighted by Gasteiger charge is 2.15.